The summed E-state index contributed by atoms with van der Waals surface area (Å²) in [6.45, 7) is 4.36. The second-order valence-electron chi connectivity index (χ2n) is 9.41. The minimum absolute atomic E-state index is 0. The van der Waals surface area contributed by atoms with Crippen molar-refractivity contribution in [1.82, 2.24) is 0 Å². The molecule has 0 heterocycles. The smallest absolute Gasteiger partial charge is 0.744 e. The maximum atomic E-state index is 12.7. The zero-order valence-electron chi connectivity index (χ0n) is 24.1. The first-order valence-electron chi connectivity index (χ1n) is 14.0. The van der Waals surface area contributed by atoms with Crippen molar-refractivity contribution in [3.63, 3.8) is 0 Å². The second kappa shape index (κ2) is 23.3. The molecule has 0 amide bonds. The van der Waals surface area contributed by atoms with Gasteiger partial charge in [0.05, 0.1) is 16.0 Å². The molecule has 1 aromatic rings. The summed E-state index contributed by atoms with van der Waals surface area (Å²) in [5.41, 5.74) is -0.463. The van der Waals surface area contributed by atoms with Crippen LogP contribution in [0.25, 0.3) is 0 Å². The first-order chi connectivity index (χ1) is 18.3. The van der Waals surface area contributed by atoms with Crippen molar-refractivity contribution in [2.75, 3.05) is 13.2 Å². The molecular formula is C30H45NaO7S. The molecule has 0 radical (unpaired) electrons. The number of carbonyl (C=O) groups is 2. The van der Waals surface area contributed by atoms with Gasteiger partial charge in [-0.3, -0.25) is 0 Å². The molecule has 0 bridgehead atoms. The monoisotopic (exact) mass is 572 g/mol. The van der Waals surface area contributed by atoms with E-state index in [-0.39, 0.29) is 53.9 Å². The Hall–Kier alpha value is -1.45. The third kappa shape index (κ3) is 17.8. The van der Waals surface area contributed by atoms with E-state index in [1.165, 1.54) is 57.8 Å². The molecule has 1 rings (SSSR count). The number of esters is 2. The average Bonchev–Trinajstić information content (AvgIpc) is 2.89. The van der Waals surface area contributed by atoms with Gasteiger partial charge in [-0.15, -0.1) is 0 Å². The van der Waals surface area contributed by atoms with Gasteiger partial charge in [0.2, 0.25) is 0 Å². The summed E-state index contributed by atoms with van der Waals surface area (Å²) >= 11 is 0. The van der Waals surface area contributed by atoms with Gasteiger partial charge in [0.1, 0.15) is 23.3 Å². The number of rotatable bonds is 21. The third-order valence-electron chi connectivity index (χ3n) is 6.12. The van der Waals surface area contributed by atoms with Gasteiger partial charge in [0.15, 0.2) is 0 Å². The Bertz CT molecular complexity index is 987. The van der Waals surface area contributed by atoms with E-state index in [4.69, 9.17) is 9.47 Å². The first-order valence-corrected chi connectivity index (χ1v) is 15.5. The Labute approximate surface area is 257 Å². The van der Waals surface area contributed by atoms with E-state index in [1.807, 2.05) is 12.2 Å². The van der Waals surface area contributed by atoms with Crippen LogP contribution in [0.15, 0.2) is 47.4 Å². The molecule has 0 fully saturated rings. The molecule has 0 spiro atoms. The topological polar surface area (TPSA) is 110 Å². The molecule has 9 heteroatoms. The number of allylic oxidation sites excluding steroid dienone is 2. The van der Waals surface area contributed by atoms with E-state index in [0.29, 0.717) is 0 Å². The predicted octanol–water partition coefficient (Wildman–Crippen LogP) is 4.52. The van der Waals surface area contributed by atoms with Crippen molar-refractivity contribution < 1.29 is 61.6 Å². The number of unbranched alkanes of at least 4 members (excludes halogenated alkanes) is 12. The van der Waals surface area contributed by atoms with Crippen molar-refractivity contribution in [3.8, 4) is 0 Å². The Morgan fingerprint density at radius 2 is 1.13 bits per heavy atom. The Morgan fingerprint density at radius 1 is 0.692 bits per heavy atom. The maximum Gasteiger partial charge on any atom is 1.00 e. The zero-order valence-corrected chi connectivity index (χ0v) is 26.9. The van der Waals surface area contributed by atoms with Gasteiger partial charge in [0, 0.05) is 0 Å². The molecule has 7 nitrogen and oxygen atoms in total. The van der Waals surface area contributed by atoms with Crippen molar-refractivity contribution in [2.45, 2.75) is 109 Å². The quantitative estimate of drug-likeness (QED) is 0.0700. The normalized spacial score (nSPS) is 11.6. The fraction of sp³-hybridized carbons (Fsp3) is 0.600. The summed E-state index contributed by atoms with van der Waals surface area (Å²) in [6.07, 6.45) is 23.4. The molecule has 214 valence electrons. The summed E-state index contributed by atoms with van der Waals surface area (Å²) in [7, 11) is -4.82. The van der Waals surface area contributed by atoms with Gasteiger partial charge in [-0.1, -0.05) is 102 Å². The molecule has 0 N–H and O–H groups in total. The number of ether oxygens (including phenoxy) is 2. The van der Waals surface area contributed by atoms with E-state index >= 15 is 0 Å². The molecule has 0 aliphatic heterocycles. The van der Waals surface area contributed by atoms with Gasteiger partial charge < -0.3 is 14.0 Å². The minimum atomic E-state index is -4.82. The number of benzene rings is 1. The molecule has 1 aromatic carbocycles. The molecule has 0 aromatic heterocycles. The van der Waals surface area contributed by atoms with Gasteiger partial charge in [-0.25, -0.2) is 18.0 Å². The van der Waals surface area contributed by atoms with Crippen molar-refractivity contribution in [2.24, 2.45) is 0 Å². The Kier molecular flexibility index (Phi) is 22.4. The summed E-state index contributed by atoms with van der Waals surface area (Å²) in [5.74, 6) is -1.69. The van der Waals surface area contributed by atoms with Crippen molar-refractivity contribution in [1.29, 1.82) is 0 Å². The van der Waals surface area contributed by atoms with E-state index in [0.717, 1.165) is 50.3 Å². The molecule has 39 heavy (non-hydrogen) atoms. The van der Waals surface area contributed by atoms with Crippen LogP contribution in [0.2, 0.25) is 0 Å². The summed E-state index contributed by atoms with van der Waals surface area (Å²) in [6, 6.07) is 2.97. The van der Waals surface area contributed by atoms with Crippen LogP contribution in [-0.4, -0.2) is 38.1 Å². The first kappa shape index (κ1) is 37.6. The number of carbonyl (C=O) groups excluding carboxylic acids is 2. The summed E-state index contributed by atoms with van der Waals surface area (Å²) in [5, 5.41) is 0. The van der Waals surface area contributed by atoms with Crippen LogP contribution in [-0.2, 0) is 19.6 Å². The zero-order chi connectivity index (χ0) is 28.1. The molecule has 0 aliphatic carbocycles. The van der Waals surface area contributed by atoms with E-state index < -0.39 is 27.0 Å². The largest absolute Gasteiger partial charge is 1.00 e. The second-order valence-corrected chi connectivity index (χ2v) is 10.8. The van der Waals surface area contributed by atoms with Crippen LogP contribution in [0.4, 0.5) is 0 Å². The van der Waals surface area contributed by atoms with Crippen LogP contribution in [0.3, 0.4) is 0 Å². The van der Waals surface area contributed by atoms with Crippen molar-refractivity contribution >= 4 is 22.1 Å². The Balaban J connectivity index is 0.0000144. The predicted molar refractivity (Wildman–Crippen MR) is 149 cm³/mol. The molecular weight excluding hydrogens is 527 g/mol. The van der Waals surface area contributed by atoms with E-state index in [9.17, 15) is 22.6 Å². The fourth-order valence-corrected chi connectivity index (χ4v) is 4.38. The van der Waals surface area contributed by atoms with Crippen LogP contribution >= 0.6 is 0 Å². The SMILES string of the molecule is CCCCCCCC/C=C/COC(=O)c1ccc(S(=O)(=O)[O-])cc1C(=O)OC/C=C/CCCCCCCC.[Na+]. The fourth-order valence-electron chi connectivity index (χ4n) is 3.89. The number of hydrogen-bond donors (Lipinski definition) is 0. The molecule has 0 atom stereocenters. The van der Waals surface area contributed by atoms with Gasteiger partial charge >= 0.3 is 41.5 Å². The van der Waals surface area contributed by atoms with Crippen molar-refractivity contribution in [3.05, 3.63) is 53.6 Å². The van der Waals surface area contributed by atoms with E-state index in [2.05, 4.69) is 13.8 Å². The van der Waals surface area contributed by atoms with Crippen LogP contribution in [0, 0.1) is 0 Å². The van der Waals surface area contributed by atoms with Gasteiger partial charge in [0.25, 0.3) is 0 Å². The van der Waals surface area contributed by atoms with Gasteiger partial charge in [-0.05, 0) is 43.9 Å². The average molecular weight is 573 g/mol. The van der Waals surface area contributed by atoms with Crippen LogP contribution in [0.1, 0.15) is 124 Å². The summed E-state index contributed by atoms with van der Waals surface area (Å²) in [4.78, 5) is 24.6. The molecule has 0 saturated heterocycles. The third-order valence-corrected chi connectivity index (χ3v) is 6.95. The van der Waals surface area contributed by atoms with E-state index in [1.54, 1.807) is 12.2 Å². The molecule has 0 unspecified atom stereocenters. The van der Waals surface area contributed by atoms with Gasteiger partial charge in [-0.2, -0.15) is 0 Å². The maximum absolute atomic E-state index is 12.7. The minimum Gasteiger partial charge on any atom is -0.744 e. The standard InChI is InChI=1S/C30H46O7S.Na/c1-3-5-7-9-11-13-15-17-19-23-36-29(31)27-22-21-26(38(33,34)35)25-28(27)30(32)37-24-20-18-16-14-12-10-8-6-4-2;/h17-22,25H,3-16,23-24H2,1-2H3,(H,33,34,35);/q;+1/p-1/b19-17+,20-18+;. The summed E-state index contributed by atoms with van der Waals surface area (Å²) < 4.78 is 44.8. The molecule has 0 saturated carbocycles. The van der Waals surface area contributed by atoms with Crippen LogP contribution in [0.5, 0.6) is 0 Å². The molecule has 0 aliphatic rings. The van der Waals surface area contributed by atoms with Crippen LogP contribution < -0.4 is 29.6 Å². The number of hydrogen-bond acceptors (Lipinski definition) is 7. The Morgan fingerprint density at radius 3 is 1.59 bits per heavy atom.